The lowest BCUT2D eigenvalue weighted by molar-refractivity contribution is -0.122. The van der Waals surface area contributed by atoms with Crippen molar-refractivity contribution in [3.63, 3.8) is 0 Å². The standard InChI is InChI=1S/C24H30F2N2O/c1-4-18-5-9-21(10-6-18)28(24(29)17(2)3)22-11-13-27(14-12-22)16-19-7-8-20(25)15-23(19)26/h5-10,15,17,22H,4,11-14,16H2,1-3H3. The van der Waals surface area contributed by atoms with Gasteiger partial charge in [0.2, 0.25) is 5.91 Å². The highest BCUT2D eigenvalue weighted by Crippen LogP contribution is 2.27. The van der Waals surface area contributed by atoms with E-state index in [-0.39, 0.29) is 17.9 Å². The monoisotopic (exact) mass is 400 g/mol. The minimum Gasteiger partial charge on any atom is -0.309 e. The van der Waals surface area contributed by atoms with Crippen LogP contribution in [0.4, 0.5) is 14.5 Å². The van der Waals surface area contributed by atoms with Crippen LogP contribution in [0.5, 0.6) is 0 Å². The third-order valence-electron chi connectivity index (χ3n) is 5.69. The van der Waals surface area contributed by atoms with Gasteiger partial charge in [-0.15, -0.1) is 0 Å². The molecule has 1 aliphatic rings. The number of piperidine rings is 1. The summed E-state index contributed by atoms with van der Waals surface area (Å²) in [6.07, 6.45) is 2.63. The Labute approximate surface area is 172 Å². The van der Waals surface area contributed by atoms with Crippen molar-refractivity contribution >= 4 is 11.6 Å². The number of halogens is 2. The zero-order valence-corrected chi connectivity index (χ0v) is 17.5. The van der Waals surface area contributed by atoms with Crippen LogP contribution in [0.1, 0.15) is 44.7 Å². The first kappa shape index (κ1) is 21.4. The number of nitrogens with zero attached hydrogens (tertiary/aromatic N) is 2. The quantitative estimate of drug-likeness (QED) is 0.667. The molecule has 1 saturated heterocycles. The summed E-state index contributed by atoms with van der Waals surface area (Å²) in [6, 6.07) is 12.1. The molecule has 29 heavy (non-hydrogen) atoms. The zero-order chi connectivity index (χ0) is 21.0. The van der Waals surface area contributed by atoms with Crippen LogP contribution in [0.2, 0.25) is 0 Å². The predicted octanol–water partition coefficient (Wildman–Crippen LogP) is 5.18. The van der Waals surface area contributed by atoms with Gasteiger partial charge in [0, 0.05) is 48.9 Å². The summed E-state index contributed by atoms with van der Waals surface area (Å²) in [6.45, 7) is 7.99. The molecular weight excluding hydrogens is 370 g/mol. The number of carbonyl (C=O) groups excluding carboxylic acids is 1. The Morgan fingerprint density at radius 2 is 1.76 bits per heavy atom. The largest absolute Gasteiger partial charge is 0.309 e. The molecule has 0 radical (unpaired) electrons. The van der Waals surface area contributed by atoms with E-state index in [1.807, 2.05) is 30.9 Å². The van der Waals surface area contributed by atoms with Gasteiger partial charge in [0.15, 0.2) is 0 Å². The van der Waals surface area contributed by atoms with Gasteiger partial charge < -0.3 is 4.90 Å². The molecule has 2 aromatic carbocycles. The molecule has 5 heteroatoms. The first-order chi connectivity index (χ1) is 13.9. The minimum absolute atomic E-state index is 0.0767. The molecule has 1 amide bonds. The van der Waals surface area contributed by atoms with Gasteiger partial charge in [0.05, 0.1) is 0 Å². The average molecular weight is 401 g/mol. The van der Waals surface area contributed by atoms with Crippen molar-refractivity contribution in [1.82, 2.24) is 4.90 Å². The fourth-order valence-corrected chi connectivity index (χ4v) is 3.91. The predicted molar refractivity (Wildman–Crippen MR) is 113 cm³/mol. The first-order valence-corrected chi connectivity index (χ1v) is 10.5. The number of aryl methyl sites for hydroxylation is 1. The number of rotatable bonds is 6. The average Bonchev–Trinajstić information content (AvgIpc) is 2.72. The number of amides is 1. The number of anilines is 1. The summed E-state index contributed by atoms with van der Waals surface area (Å²) in [7, 11) is 0. The van der Waals surface area contributed by atoms with Crippen LogP contribution >= 0.6 is 0 Å². The van der Waals surface area contributed by atoms with Crippen LogP contribution in [0.3, 0.4) is 0 Å². The fraction of sp³-hybridized carbons (Fsp3) is 0.458. The number of hydrogen-bond acceptors (Lipinski definition) is 2. The highest BCUT2D eigenvalue weighted by Gasteiger charge is 2.30. The molecule has 0 aromatic heterocycles. The molecule has 0 unspecified atom stereocenters. The molecule has 1 fully saturated rings. The van der Waals surface area contributed by atoms with Gasteiger partial charge in [0.25, 0.3) is 0 Å². The Morgan fingerprint density at radius 1 is 1.10 bits per heavy atom. The molecule has 156 valence electrons. The van der Waals surface area contributed by atoms with Gasteiger partial charge in [-0.3, -0.25) is 9.69 Å². The smallest absolute Gasteiger partial charge is 0.229 e. The van der Waals surface area contributed by atoms with Gasteiger partial charge in [-0.25, -0.2) is 8.78 Å². The van der Waals surface area contributed by atoms with Gasteiger partial charge in [-0.1, -0.05) is 39.0 Å². The second kappa shape index (κ2) is 9.49. The lowest BCUT2D eigenvalue weighted by Crippen LogP contribution is -2.48. The van der Waals surface area contributed by atoms with E-state index in [1.54, 1.807) is 0 Å². The number of carbonyl (C=O) groups is 1. The second-order valence-corrected chi connectivity index (χ2v) is 8.13. The first-order valence-electron chi connectivity index (χ1n) is 10.5. The van der Waals surface area contributed by atoms with Crippen molar-refractivity contribution in [3.05, 3.63) is 65.2 Å². The molecule has 0 atom stereocenters. The van der Waals surface area contributed by atoms with E-state index in [1.165, 1.54) is 17.7 Å². The van der Waals surface area contributed by atoms with Gasteiger partial charge in [-0.2, -0.15) is 0 Å². The van der Waals surface area contributed by atoms with Crippen molar-refractivity contribution in [2.45, 2.75) is 52.6 Å². The van der Waals surface area contributed by atoms with Crippen molar-refractivity contribution < 1.29 is 13.6 Å². The van der Waals surface area contributed by atoms with Gasteiger partial charge >= 0.3 is 0 Å². The summed E-state index contributed by atoms with van der Waals surface area (Å²) in [4.78, 5) is 17.1. The van der Waals surface area contributed by atoms with Gasteiger partial charge in [-0.05, 0) is 43.0 Å². The number of hydrogen-bond donors (Lipinski definition) is 0. The van der Waals surface area contributed by atoms with E-state index < -0.39 is 11.6 Å². The van der Waals surface area contributed by atoms with Crippen LogP contribution in [0.15, 0.2) is 42.5 Å². The van der Waals surface area contributed by atoms with Crippen LogP contribution in [0, 0.1) is 17.6 Å². The molecule has 3 nitrogen and oxygen atoms in total. The molecule has 1 heterocycles. The topological polar surface area (TPSA) is 23.6 Å². The molecule has 0 saturated carbocycles. The number of benzene rings is 2. The fourth-order valence-electron chi connectivity index (χ4n) is 3.91. The van der Waals surface area contributed by atoms with E-state index in [9.17, 15) is 13.6 Å². The van der Waals surface area contributed by atoms with Crippen molar-refractivity contribution in [3.8, 4) is 0 Å². The SMILES string of the molecule is CCc1ccc(N(C(=O)C(C)C)C2CCN(Cc3ccc(F)cc3F)CC2)cc1. The summed E-state index contributed by atoms with van der Waals surface area (Å²) in [5, 5.41) is 0. The van der Waals surface area contributed by atoms with Crippen LogP contribution < -0.4 is 4.90 Å². The lowest BCUT2D eigenvalue weighted by Gasteiger charge is -2.39. The summed E-state index contributed by atoms with van der Waals surface area (Å²) >= 11 is 0. The normalized spacial score (nSPS) is 15.7. The van der Waals surface area contributed by atoms with E-state index in [0.29, 0.717) is 12.1 Å². The van der Waals surface area contributed by atoms with Crippen LogP contribution in [-0.4, -0.2) is 29.9 Å². The molecule has 0 spiro atoms. The van der Waals surface area contributed by atoms with Gasteiger partial charge in [0.1, 0.15) is 11.6 Å². The molecule has 1 aliphatic heterocycles. The van der Waals surface area contributed by atoms with E-state index >= 15 is 0 Å². The van der Waals surface area contributed by atoms with Crippen molar-refractivity contribution in [2.75, 3.05) is 18.0 Å². The Kier molecular flexibility index (Phi) is 7.01. The lowest BCUT2D eigenvalue weighted by atomic mass is 9.99. The molecule has 3 rings (SSSR count). The molecule has 0 aliphatic carbocycles. The maximum Gasteiger partial charge on any atom is 0.229 e. The molecule has 0 N–H and O–H groups in total. The van der Waals surface area contributed by atoms with Crippen LogP contribution in [0.25, 0.3) is 0 Å². The summed E-state index contributed by atoms with van der Waals surface area (Å²) < 4.78 is 27.1. The molecular formula is C24H30F2N2O. The van der Waals surface area contributed by atoms with Crippen molar-refractivity contribution in [1.29, 1.82) is 0 Å². The second-order valence-electron chi connectivity index (χ2n) is 8.13. The summed E-state index contributed by atoms with van der Waals surface area (Å²) in [5.41, 5.74) is 2.71. The van der Waals surface area contributed by atoms with E-state index in [4.69, 9.17) is 0 Å². The third kappa shape index (κ3) is 5.21. The maximum atomic E-state index is 14.0. The van der Waals surface area contributed by atoms with E-state index in [2.05, 4.69) is 24.0 Å². The van der Waals surface area contributed by atoms with Crippen LogP contribution in [-0.2, 0) is 17.8 Å². The van der Waals surface area contributed by atoms with E-state index in [0.717, 1.165) is 44.1 Å². The van der Waals surface area contributed by atoms with Crippen molar-refractivity contribution in [2.24, 2.45) is 5.92 Å². The Hall–Kier alpha value is -2.27. The third-order valence-corrected chi connectivity index (χ3v) is 5.69. The Balaban J connectivity index is 1.70. The summed E-state index contributed by atoms with van der Waals surface area (Å²) in [5.74, 6) is -0.994. The maximum absolute atomic E-state index is 14.0. The Morgan fingerprint density at radius 3 is 2.31 bits per heavy atom. The highest BCUT2D eigenvalue weighted by molar-refractivity contribution is 5.95. The molecule has 0 bridgehead atoms. The Bertz CT molecular complexity index is 827. The molecule has 2 aromatic rings. The minimum atomic E-state index is -0.554. The number of likely N-dealkylation sites (tertiary alicyclic amines) is 1. The zero-order valence-electron chi connectivity index (χ0n) is 17.5. The highest BCUT2D eigenvalue weighted by atomic mass is 19.1.